The molecule has 1 aromatic rings. The Morgan fingerprint density at radius 1 is 1.29 bits per heavy atom. The zero-order valence-corrected chi connectivity index (χ0v) is 12.2. The first-order chi connectivity index (χ1) is 7.72. The maximum atomic E-state index is 5.97. The summed E-state index contributed by atoms with van der Waals surface area (Å²) < 4.78 is 2.11. The number of hydrogen-bond acceptors (Lipinski definition) is 2. The Bertz CT molecular complexity index is 370. The highest BCUT2D eigenvalue weighted by Gasteiger charge is 2.15. The van der Waals surface area contributed by atoms with Crippen LogP contribution in [0, 0.1) is 19.3 Å². The molecule has 17 heavy (non-hydrogen) atoms. The highest BCUT2D eigenvalue weighted by atomic mass is 15.3. The summed E-state index contributed by atoms with van der Waals surface area (Å²) >= 11 is 0. The molecule has 98 valence electrons. The molecule has 0 aliphatic carbocycles. The Balaban J connectivity index is 2.70. The SMILES string of the molecule is Cc1nn(CCCC(C)(C)C)c(C)c1C(C)N. The molecule has 0 bridgehead atoms. The number of nitrogens with zero attached hydrogens (tertiary/aromatic N) is 2. The Morgan fingerprint density at radius 2 is 1.88 bits per heavy atom. The second-order valence-electron chi connectivity index (χ2n) is 6.26. The maximum Gasteiger partial charge on any atom is 0.0644 e. The van der Waals surface area contributed by atoms with E-state index in [1.54, 1.807) is 0 Å². The van der Waals surface area contributed by atoms with Gasteiger partial charge < -0.3 is 5.73 Å². The summed E-state index contributed by atoms with van der Waals surface area (Å²) in [5.74, 6) is 0. The summed E-state index contributed by atoms with van der Waals surface area (Å²) in [6, 6.07) is 0.0753. The van der Waals surface area contributed by atoms with E-state index in [4.69, 9.17) is 5.73 Å². The normalized spacial score (nSPS) is 14.1. The molecule has 0 aromatic carbocycles. The van der Waals surface area contributed by atoms with E-state index in [1.807, 2.05) is 13.8 Å². The summed E-state index contributed by atoms with van der Waals surface area (Å²) in [6.07, 6.45) is 2.39. The molecule has 0 spiro atoms. The van der Waals surface area contributed by atoms with Crippen LogP contribution in [0.2, 0.25) is 0 Å². The Hall–Kier alpha value is -0.830. The summed E-state index contributed by atoms with van der Waals surface area (Å²) in [4.78, 5) is 0. The van der Waals surface area contributed by atoms with Crippen molar-refractivity contribution in [1.29, 1.82) is 0 Å². The average molecular weight is 237 g/mol. The van der Waals surface area contributed by atoms with Gasteiger partial charge in [-0.25, -0.2) is 0 Å². The van der Waals surface area contributed by atoms with Gasteiger partial charge in [0.15, 0.2) is 0 Å². The van der Waals surface area contributed by atoms with Crippen molar-refractivity contribution in [2.45, 2.75) is 67.0 Å². The fourth-order valence-electron chi connectivity index (χ4n) is 2.35. The van der Waals surface area contributed by atoms with Gasteiger partial charge in [0.2, 0.25) is 0 Å². The number of hydrogen-bond donors (Lipinski definition) is 1. The van der Waals surface area contributed by atoms with Crippen LogP contribution < -0.4 is 5.73 Å². The van der Waals surface area contributed by atoms with E-state index in [1.165, 1.54) is 24.1 Å². The van der Waals surface area contributed by atoms with Crippen LogP contribution in [0.4, 0.5) is 0 Å². The molecule has 1 heterocycles. The van der Waals surface area contributed by atoms with Crippen LogP contribution in [-0.2, 0) is 6.54 Å². The first kappa shape index (κ1) is 14.2. The maximum absolute atomic E-state index is 5.97. The van der Waals surface area contributed by atoms with Crippen molar-refractivity contribution in [3.8, 4) is 0 Å². The predicted molar refractivity (Wildman–Crippen MR) is 73.0 cm³/mol. The molecule has 2 N–H and O–H groups in total. The van der Waals surface area contributed by atoms with Gasteiger partial charge in [-0.05, 0) is 39.0 Å². The van der Waals surface area contributed by atoms with Crippen LogP contribution in [0.1, 0.15) is 63.5 Å². The van der Waals surface area contributed by atoms with Gasteiger partial charge in [-0.3, -0.25) is 4.68 Å². The van der Waals surface area contributed by atoms with E-state index >= 15 is 0 Å². The fraction of sp³-hybridized carbons (Fsp3) is 0.786. The van der Waals surface area contributed by atoms with Crippen LogP contribution in [0.5, 0.6) is 0 Å². The van der Waals surface area contributed by atoms with E-state index in [0.717, 1.165) is 12.2 Å². The standard InChI is InChI=1S/C14H27N3/c1-10(15)13-11(2)16-17(12(13)3)9-7-8-14(4,5)6/h10H,7-9,15H2,1-6H3. The van der Waals surface area contributed by atoms with Gasteiger partial charge in [0.1, 0.15) is 0 Å². The second-order valence-corrected chi connectivity index (χ2v) is 6.26. The second kappa shape index (κ2) is 5.21. The number of nitrogens with two attached hydrogens (primary N) is 1. The zero-order chi connectivity index (χ0) is 13.2. The molecule has 0 aliphatic heterocycles. The number of rotatable bonds is 4. The topological polar surface area (TPSA) is 43.8 Å². The Kier molecular flexibility index (Phi) is 4.36. The molecule has 0 amide bonds. The van der Waals surface area contributed by atoms with Crippen LogP contribution in [0.3, 0.4) is 0 Å². The molecular formula is C14H27N3. The van der Waals surface area contributed by atoms with Gasteiger partial charge >= 0.3 is 0 Å². The van der Waals surface area contributed by atoms with E-state index < -0.39 is 0 Å². The van der Waals surface area contributed by atoms with Crippen LogP contribution >= 0.6 is 0 Å². The molecule has 1 aromatic heterocycles. The van der Waals surface area contributed by atoms with Gasteiger partial charge in [-0.15, -0.1) is 0 Å². The smallest absolute Gasteiger partial charge is 0.0644 e. The average Bonchev–Trinajstić information content (AvgIpc) is 2.39. The molecule has 3 heteroatoms. The molecule has 0 radical (unpaired) electrons. The van der Waals surface area contributed by atoms with Crippen molar-refractivity contribution in [2.75, 3.05) is 0 Å². The summed E-state index contributed by atoms with van der Waals surface area (Å²) in [5.41, 5.74) is 9.89. The molecule has 1 unspecified atom stereocenters. The van der Waals surface area contributed by atoms with E-state index in [9.17, 15) is 0 Å². The highest BCUT2D eigenvalue weighted by Crippen LogP contribution is 2.23. The molecule has 1 rings (SSSR count). The molecule has 3 nitrogen and oxygen atoms in total. The Labute approximate surface area is 105 Å². The van der Waals surface area contributed by atoms with Gasteiger partial charge in [-0.2, -0.15) is 5.10 Å². The fourth-order valence-corrected chi connectivity index (χ4v) is 2.35. The summed E-state index contributed by atoms with van der Waals surface area (Å²) in [7, 11) is 0. The first-order valence-electron chi connectivity index (χ1n) is 6.52. The zero-order valence-electron chi connectivity index (χ0n) is 12.2. The van der Waals surface area contributed by atoms with Crippen LogP contribution in [0.15, 0.2) is 0 Å². The summed E-state index contributed by atoms with van der Waals surface area (Å²) in [6.45, 7) is 14.0. The third kappa shape index (κ3) is 3.84. The van der Waals surface area contributed by atoms with E-state index in [0.29, 0.717) is 5.41 Å². The lowest BCUT2D eigenvalue weighted by molar-refractivity contribution is 0.347. The number of aromatic nitrogens is 2. The molecule has 0 aliphatic rings. The largest absolute Gasteiger partial charge is 0.324 e. The lowest BCUT2D eigenvalue weighted by atomic mass is 9.91. The van der Waals surface area contributed by atoms with Crippen molar-refractivity contribution < 1.29 is 0 Å². The molecule has 1 atom stereocenters. The minimum Gasteiger partial charge on any atom is -0.324 e. The number of aryl methyl sites for hydroxylation is 2. The quantitative estimate of drug-likeness (QED) is 0.872. The van der Waals surface area contributed by atoms with Crippen molar-refractivity contribution in [2.24, 2.45) is 11.1 Å². The van der Waals surface area contributed by atoms with Gasteiger partial charge in [0, 0.05) is 23.8 Å². The lowest BCUT2D eigenvalue weighted by Gasteiger charge is -2.17. The van der Waals surface area contributed by atoms with Gasteiger partial charge in [0.05, 0.1) is 5.69 Å². The van der Waals surface area contributed by atoms with Gasteiger partial charge in [-0.1, -0.05) is 20.8 Å². The van der Waals surface area contributed by atoms with Crippen molar-refractivity contribution in [1.82, 2.24) is 9.78 Å². The van der Waals surface area contributed by atoms with Crippen LogP contribution in [-0.4, -0.2) is 9.78 Å². The minimum absolute atomic E-state index is 0.0753. The Morgan fingerprint density at radius 3 is 2.29 bits per heavy atom. The van der Waals surface area contributed by atoms with E-state index in [-0.39, 0.29) is 6.04 Å². The monoisotopic (exact) mass is 237 g/mol. The molecule has 0 saturated heterocycles. The first-order valence-corrected chi connectivity index (χ1v) is 6.52. The van der Waals surface area contributed by atoms with E-state index in [2.05, 4.69) is 37.5 Å². The van der Waals surface area contributed by atoms with Crippen molar-refractivity contribution >= 4 is 0 Å². The highest BCUT2D eigenvalue weighted by molar-refractivity contribution is 5.27. The van der Waals surface area contributed by atoms with Gasteiger partial charge in [0.25, 0.3) is 0 Å². The third-order valence-corrected chi connectivity index (χ3v) is 3.19. The van der Waals surface area contributed by atoms with Crippen LogP contribution in [0.25, 0.3) is 0 Å². The molecule has 0 saturated carbocycles. The lowest BCUT2D eigenvalue weighted by Crippen LogP contribution is -2.10. The van der Waals surface area contributed by atoms with Crippen molar-refractivity contribution in [3.63, 3.8) is 0 Å². The molecular weight excluding hydrogens is 210 g/mol. The predicted octanol–water partition coefficient (Wildman–Crippen LogP) is 3.35. The van der Waals surface area contributed by atoms with Crippen molar-refractivity contribution in [3.05, 3.63) is 17.0 Å². The third-order valence-electron chi connectivity index (χ3n) is 3.19. The summed E-state index contributed by atoms with van der Waals surface area (Å²) in [5, 5.41) is 4.59. The minimum atomic E-state index is 0.0753. The molecule has 0 fully saturated rings.